The van der Waals surface area contributed by atoms with Crippen LogP contribution in [0.2, 0.25) is 0 Å². The van der Waals surface area contributed by atoms with Crippen molar-refractivity contribution in [2.45, 2.75) is 64.8 Å². The molecule has 2 heteroatoms. The maximum Gasteiger partial charge on any atom is 0.0622 e. The minimum Gasteiger partial charge on any atom is -0.380 e. The Morgan fingerprint density at radius 1 is 1.05 bits per heavy atom. The lowest BCUT2D eigenvalue weighted by molar-refractivity contribution is -0.0809. The summed E-state index contributed by atoms with van der Waals surface area (Å²) in [4.78, 5) is 0. The minimum absolute atomic E-state index is 0.285. The molecule has 0 amide bonds. The Kier molecular flexibility index (Phi) is 3.92. The summed E-state index contributed by atoms with van der Waals surface area (Å²) < 4.78 is 5.87. The van der Waals surface area contributed by atoms with Crippen LogP contribution in [0.1, 0.15) is 58.8 Å². The number of ether oxygens (including phenoxy) is 1. The second kappa shape index (κ2) is 5.37. The SMILES string of the molecule is CC(C)CCOCC(N)C12CC3CC(CC(C3)C1)C2. The highest BCUT2D eigenvalue weighted by Crippen LogP contribution is 2.60. The molecule has 0 heterocycles. The lowest BCUT2D eigenvalue weighted by atomic mass is 9.48. The van der Waals surface area contributed by atoms with Gasteiger partial charge in [-0.15, -0.1) is 0 Å². The molecule has 0 aromatic heterocycles. The van der Waals surface area contributed by atoms with E-state index in [0.29, 0.717) is 5.41 Å². The molecule has 0 aliphatic heterocycles. The van der Waals surface area contributed by atoms with Crippen molar-refractivity contribution in [1.29, 1.82) is 0 Å². The number of hydrogen-bond acceptors (Lipinski definition) is 2. The molecule has 4 aliphatic carbocycles. The summed E-state index contributed by atoms with van der Waals surface area (Å²) in [5, 5.41) is 0. The van der Waals surface area contributed by atoms with Crippen LogP contribution < -0.4 is 5.73 Å². The summed E-state index contributed by atoms with van der Waals surface area (Å²) in [5.74, 6) is 3.71. The molecule has 0 radical (unpaired) electrons. The van der Waals surface area contributed by atoms with Crippen LogP contribution >= 0.6 is 0 Å². The highest BCUT2D eigenvalue weighted by Gasteiger charge is 2.53. The first-order chi connectivity index (χ1) is 9.07. The average molecular weight is 265 g/mol. The van der Waals surface area contributed by atoms with Crippen LogP contribution in [0.25, 0.3) is 0 Å². The van der Waals surface area contributed by atoms with Gasteiger partial charge in [0.2, 0.25) is 0 Å². The van der Waals surface area contributed by atoms with Crippen molar-refractivity contribution in [2.75, 3.05) is 13.2 Å². The molecule has 4 aliphatic rings. The molecule has 1 unspecified atom stereocenters. The molecule has 4 bridgehead atoms. The van der Waals surface area contributed by atoms with Gasteiger partial charge < -0.3 is 10.5 Å². The van der Waals surface area contributed by atoms with E-state index in [1.165, 1.54) is 38.5 Å². The highest BCUT2D eigenvalue weighted by atomic mass is 16.5. The molecule has 0 aromatic rings. The van der Waals surface area contributed by atoms with Crippen molar-refractivity contribution < 1.29 is 4.74 Å². The van der Waals surface area contributed by atoms with Gasteiger partial charge in [0.1, 0.15) is 0 Å². The second-order valence-corrected chi connectivity index (χ2v) is 8.14. The largest absolute Gasteiger partial charge is 0.380 e. The first-order valence-electron chi connectivity index (χ1n) is 8.41. The molecular formula is C17H31NO. The number of nitrogens with two attached hydrogens (primary N) is 1. The van der Waals surface area contributed by atoms with Crippen molar-refractivity contribution in [1.82, 2.24) is 0 Å². The third-order valence-corrected chi connectivity index (χ3v) is 6.01. The molecular weight excluding hydrogens is 234 g/mol. The smallest absolute Gasteiger partial charge is 0.0622 e. The van der Waals surface area contributed by atoms with Gasteiger partial charge in [-0.1, -0.05) is 13.8 Å². The Balaban J connectivity index is 1.53. The van der Waals surface area contributed by atoms with Gasteiger partial charge in [-0.2, -0.15) is 0 Å². The monoisotopic (exact) mass is 265 g/mol. The Morgan fingerprint density at radius 3 is 2.05 bits per heavy atom. The van der Waals surface area contributed by atoms with Crippen molar-refractivity contribution in [3.05, 3.63) is 0 Å². The zero-order valence-electron chi connectivity index (χ0n) is 12.7. The highest BCUT2D eigenvalue weighted by molar-refractivity contribution is 5.05. The van der Waals surface area contributed by atoms with Crippen LogP contribution in [0.4, 0.5) is 0 Å². The molecule has 1 atom stereocenters. The van der Waals surface area contributed by atoms with E-state index < -0.39 is 0 Å². The van der Waals surface area contributed by atoms with Gasteiger partial charge in [-0.25, -0.2) is 0 Å². The molecule has 2 nitrogen and oxygen atoms in total. The predicted molar refractivity (Wildman–Crippen MR) is 78.9 cm³/mol. The van der Waals surface area contributed by atoms with Crippen molar-refractivity contribution in [2.24, 2.45) is 34.8 Å². The van der Waals surface area contributed by atoms with E-state index in [9.17, 15) is 0 Å². The summed E-state index contributed by atoms with van der Waals surface area (Å²) >= 11 is 0. The fourth-order valence-electron chi connectivity index (χ4n) is 5.34. The van der Waals surface area contributed by atoms with Gasteiger partial charge in [0.15, 0.2) is 0 Å². The summed E-state index contributed by atoms with van der Waals surface area (Å²) in [6.45, 7) is 6.18. The summed E-state index contributed by atoms with van der Waals surface area (Å²) in [5.41, 5.74) is 7.02. The van der Waals surface area contributed by atoms with Crippen molar-refractivity contribution in [3.8, 4) is 0 Å². The van der Waals surface area contributed by atoms with Gasteiger partial charge in [0.05, 0.1) is 6.61 Å². The van der Waals surface area contributed by atoms with E-state index in [2.05, 4.69) is 13.8 Å². The van der Waals surface area contributed by atoms with Crippen molar-refractivity contribution in [3.63, 3.8) is 0 Å². The van der Waals surface area contributed by atoms with E-state index in [1.54, 1.807) is 0 Å². The second-order valence-electron chi connectivity index (χ2n) is 8.14. The van der Waals surface area contributed by atoms with E-state index >= 15 is 0 Å². The van der Waals surface area contributed by atoms with Gasteiger partial charge >= 0.3 is 0 Å². The molecule has 0 aromatic carbocycles. The maximum atomic E-state index is 6.56. The van der Waals surface area contributed by atoms with Gasteiger partial charge in [-0.05, 0) is 74.0 Å². The molecule has 4 fully saturated rings. The average Bonchev–Trinajstić information content (AvgIpc) is 2.32. The molecule has 110 valence electrons. The molecule has 4 rings (SSSR count). The maximum absolute atomic E-state index is 6.56. The lowest BCUT2D eigenvalue weighted by Crippen LogP contribution is -2.56. The van der Waals surface area contributed by atoms with Crippen LogP contribution in [0.5, 0.6) is 0 Å². The van der Waals surface area contributed by atoms with E-state index in [4.69, 9.17) is 10.5 Å². The summed E-state index contributed by atoms with van der Waals surface area (Å²) in [7, 11) is 0. The molecule has 2 N–H and O–H groups in total. The quantitative estimate of drug-likeness (QED) is 0.745. The fourth-order valence-corrected chi connectivity index (χ4v) is 5.34. The van der Waals surface area contributed by atoms with E-state index in [-0.39, 0.29) is 6.04 Å². The zero-order valence-corrected chi connectivity index (χ0v) is 12.7. The van der Waals surface area contributed by atoms with Gasteiger partial charge in [0.25, 0.3) is 0 Å². The van der Waals surface area contributed by atoms with E-state index in [1.807, 2.05) is 0 Å². The third-order valence-electron chi connectivity index (χ3n) is 6.01. The van der Waals surface area contributed by atoms with Crippen molar-refractivity contribution >= 4 is 0 Å². The van der Waals surface area contributed by atoms with Crippen LogP contribution in [0.15, 0.2) is 0 Å². The van der Waals surface area contributed by atoms with Crippen LogP contribution in [-0.2, 0) is 4.74 Å². The van der Waals surface area contributed by atoms with Crippen LogP contribution in [-0.4, -0.2) is 19.3 Å². The Labute approximate surface area is 118 Å². The minimum atomic E-state index is 0.285. The lowest BCUT2D eigenvalue weighted by Gasteiger charge is -2.58. The Morgan fingerprint density at radius 2 is 1.58 bits per heavy atom. The predicted octanol–water partition coefficient (Wildman–Crippen LogP) is 3.59. The summed E-state index contributed by atoms with van der Waals surface area (Å²) in [6, 6.07) is 0.285. The molecule has 0 spiro atoms. The fraction of sp³-hybridized carbons (Fsp3) is 1.00. The summed E-state index contributed by atoms with van der Waals surface area (Å²) in [6.07, 6.45) is 9.85. The molecule has 19 heavy (non-hydrogen) atoms. The number of rotatable bonds is 6. The number of hydrogen-bond donors (Lipinski definition) is 1. The molecule has 4 saturated carbocycles. The van der Waals surface area contributed by atoms with Gasteiger partial charge in [0, 0.05) is 12.6 Å². The zero-order chi connectivity index (χ0) is 13.5. The molecule has 0 saturated heterocycles. The van der Waals surface area contributed by atoms with Crippen LogP contribution in [0.3, 0.4) is 0 Å². The Bertz CT molecular complexity index is 277. The topological polar surface area (TPSA) is 35.2 Å². The third kappa shape index (κ3) is 2.85. The first-order valence-corrected chi connectivity index (χ1v) is 8.41. The first kappa shape index (κ1) is 13.9. The standard InChI is InChI=1S/C17H31NO/c1-12(2)3-4-19-11-16(18)17-8-13-5-14(9-17)7-15(6-13)10-17/h12-16H,3-11,18H2,1-2H3. The Hall–Kier alpha value is -0.0800. The van der Waals surface area contributed by atoms with Gasteiger partial charge in [-0.3, -0.25) is 0 Å². The normalized spacial score (nSPS) is 42.0. The van der Waals surface area contributed by atoms with E-state index in [0.717, 1.165) is 43.3 Å². The van der Waals surface area contributed by atoms with Crippen LogP contribution in [0, 0.1) is 29.1 Å².